The highest BCUT2D eigenvalue weighted by Gasteiger charge is 2.19. The summed E-state index contributed by atoms with van der Waals surface area (Å²) in [6.07, 6.45) is 1.66. The van der Waals surface area contributed by atoms with Crippen LogP contribution >= 0.6 is 11.3 Å². The van der Waals surface area contributed by atoms with Crippen LogP contribution in [0.1, 0.15) is 40.6 Å². The Morgan fingerprint density at radius 3 is 2.78 bits per heavy atom. The third-order valence-electron chi connectivity index (χ3n) is 4.53. The Kier molecular flexibility index (Phi) is 6.87. The minimum Gasteiger partial charge on any atom is -0.357 e. The fourth-order valence-corrected chi connectivity index (χ4v) is 4.01. The Balaban J connectivity index is 1.59. The summed E-state index contributed by atoms with van der Waals surface area (Å²) in [6.45, 7) is 7.98. The quantitative estimate of drug-likeness (QED) is 0.568. The highest BCUT2D eigenvalue weighted by Crippen LogP contribution is 2.16. The van der Waals surface area contributed by atoms with E-state index in [2.05, 4.69) is 60.9 Å². The summed E-state index contributed by atoms with van der Waals surface area (Å²) in [5, 5.41) is 6.70. The first-order chi connectivity index (χ1) is 13.1. The average molecular weight is 385 g/mol. The number of carbonyl (C=O) groups is 1. The Bertz CT molecular complexity index is 799. The van der Waals surface area contributed by atoms with Gasteiger partial charge in [0.25, 0.3) is 0 Å². The van der Waals surface area contributed by atoms with Crippen molar-refractivity contribution < 1.29 is 4.79 Å². The zero-order valence-electron chi connectivity index (χ0n) is 16.1. The second-order valence-electron chi connectivity index (χ2n) is 6.80. The molecule has 5 nitrogen and oxygen atoms in total. The number of aryl methyl sites for hydroxylation is 1. The normalized spacial score (nSPS) is 14.7. The summed E-state index contributed by atoms with van der Waals surface area (Å²) in [6, 6.07) is 12.7. The largest absolute Gasteiger partial charge is 0.357 e. The number of rotatable bonds is 7. The van der Waals surface area contributed by atoms with Crippen molar-refractivity contribution in [2.45, 2.75) is 46.3 Å². The number of hydrogen-bond acceptors (Lipinski definition) is 3. The molecule has 144 valence electrons. The van der Waals surface area contributed by atoms with Gasteiger partial charge in [-0.2, -0.15) is 0 Å². The summed E-state index contributed by atoms with van der Waals surface area (Å²) in [4.78, 5) is 21.1. The number of amides is 1. The molecule has 0 radical (unpaired) electrons. The van der Waals surface area contributed by atoms with Gasteiger partial charge in [-0.15, -0.1) is 11.3 Å². The maximum absolute atomic E-state index is 11.8. The van der Waals surface area contributed by atoms with Crippen molar-refractivity contribution in [3.8, 4) is 0 Å². The lowest BCUT2D eigenvalue weighted by molar-refractivity contribution is -0.128. The number of aliphatic imine (C=N–C) groups is 1. The van der Waals surface area contributed by atoms with Crippen molar-refractivity contribution in [2.75, 3.05) is 13.1 Å². The molecule has 1 aromatic carbocycles. The molecule has 1 aliphatic heterocycles. The van der Waals surface area contributed by atoms with Crippen molar-refractivity contribution in [3.63, 3.8) is 0 Å². The van der Waals surface area contributed by atoms with Gasteiger partial charge in [-0.25, -0.2) is 4.99 Å². The number of carbonyl (C=O) groups excluding carboxylic acids is 1. The zero-order valence-corrected chi connectivity index (χ0v) is 16.9. The molecule has 2 aromatic rings. The number of nitrogens with zero attached hydrogens (tertiary/aromatic N) is 2. The fourth-order valence-electron chi connectivity index (χ4n) is 3.18. The van der Waals surface area contributed by atoms with Gasteiger partial charge in [0.1, 0.15) is 0 Å². The average Bonchev–Trinajstić information content (AvgIpc) is 3.26. The SMILES string of the molecule is CCNC(=NCc1cccc(CN2CCCC2=O)c1)NCc1ccc(C)s1. The molecule has 3 rings (SSSR count). The van der Waals surface area contributed by atoms with Gasteiger partial charge in [-0.05, 0) is 43.5 Å². The van der Waals surface area contributed by atoms with E-state index in [-0.39, 0.29) is 5.91 Å². The van der Waals surface area contributed by atoms with Crippen LogP contribution in [0.3, 0.4) is 0 Å². The molecule has 6 heteroatoms. The number of hydrogen-bond donors (Lipinski definition) is 2. The molecule has 2 N–H and O–H groups in total. The first-order valence-corrected chi connectivity index (χ1v) is 10.4. The third-order valence-corrected chi connectivity index (χ3v) is 5.53. The molecule has 0 spiro atoms. The van der Waals surface area contributed by atoms with Crippen LogP contribution in [0.5, 0.6) is 0 Å². The molecule has 1 aromatic heterocycles. The van der Waals surface area contributed by atoms with E-state index in [4.69, 9.17) is 4.99 Å². The highest BCUT2D eigenvalue weighted by molar-refractivity contribution is 7.11. The van der Waals surface area contributed by atoms with E-state index < -0.39 is 0 Å². The van der Waals surface area contributed by atoms with E-state index in [0.29, 0.717) is 19.5 Å². The molecule has 1 saturated heterocycles. The van der Waals surface area contributed by atoms with Gasteiger partial charge in [-0.1, -0.05) is 24.3 Å². The number of guanidine groups is 1. The van der Waals surface area contributed by atoms with Crippen molar-refractivity contribution in [3.05, 3.63) is 57.3 Å². The minimum atomic E-state index is 0.265. The predicted octanol–water partition coefficient (Wildman–Crippen LogP) is 3.43. The minimum absolute atomic E-state index is 0.265. The molecule has 27 heavy (non-hydrogen) atoms. The van der Waals surface area contributed by atoms with Gasteiger partial charge in [0.2, 0.25) is 5.91 Å². The predicted molar refractivity (Wildman–Crippen MR) is 112 cm³/mol. The van der Waals surface area contributed by atoms with Gasteiger partial charge in [-0.3, -0.25) is 4.79 Å². The standard InChI is InChI=1S/C21H28N4OS/c1-3-22-21(24-14-19-10-9-16(2)27-19)23-13-17-6-4-7-18(12-17)15-25-11-5-8-20(25)26/h4,6-7,9-10,12H,3,5,8,11,13-15H2,1-2H3,(H2,22,23,24). The molecule has 0 aliphatic carbocycles. The first-order valence-electron chi connectivity index (χ1n) is 9.57. The third kappa shape index (κ3) is 5.82. The van der Waals surface area contributed by atoms with E-state index in [0.717, 1.165) is 37.6 Å². The van der Waals surface area contributed by atoms with Crippen LogP contribution in [0.15, 0.2) is 41.4 Å². The lowest BCUT2D eigenvalue weighted by Crippen LogP contribution is -2.36. The Morgan fingerprint density at radius 2 is 2.07 bits per heavy atom. The summed E-state index contributed by atoms with van der Waals surface area (Å²) >= 11 is 1.80. The van der Waals surface area contributed by atoms with Crippen LogP contribution < -0.4 is 10.6 Å². The maximum atomic E-state index is 11.8. The Labute approximate surface area is 165 Å². The molecular weight excluding hydrogens is 356 g/mol. The van der Waals surface area contributed by atoms with Crippen molar-refractivity contribution in [2.24, 2.45) is 4.99 Å². The molecule has 1 aliphatic rings. The topological polar surface area (TPSA) is 56.7 Å². The fraction of sp³-hybridized carbons (Fsp3) is 0.429. The number of benzene rings is 1. The van der Waals surface area contributed by atoms with Crippen molar-refractivity contribution in [1.29, 1.82) is 0 Å². The Hall–Kier alpha value is -2.34. The lowest BCUT2D eigenvalue weighted by Gasteiger charge is -2.16. The highest BCUT2D eigenvalue weighted by atomic mass is 32.1. The molecule has 0 bridgehead atoms. The summed E-state index contributed by atoms with van der Waals surface area (Å²) < 4.78 is 0. The van der Waals surface area contributed by atoms with E-state index in [9.17, 15) is 4.79 Å². The van der Waals surface area contributed by atoms with Crippen molar-refractivity contribution >= 4 is 23.2 Å². The molecule has 0 unspecified atom stereocenters. The van der Waals surface area contributed by atoms with Crippen LogP contribution in [-0.2, 0) is 24.4 Å². The van der Waals surface area contributed by atoms with Gasteiger partial charge in [0.05, 0.1) is 13.1 Å². The molecule has 1 amide bonds. The van der Waals surface area contributed by atoms with Gasteiger partial charge < -0.3 is 15.5 Å². The van der Waals surface area contributed by atoms with Gasteiger partial charge in [0, 0.05) is 35.8 Å². The van der Waals surface area contributed by atoms with E-state index in [1.165, 1.54) is 15.3 Å². The van der Waals surface area contributed by atoms with Gasteiger partial charge >= 0.3 is 0 Å². The van der Waals surface area contributed by atoms with Crippen LogP contribution in [0, 0.1) is 6.92 Å². The second kappa shape index (κ2) is 9.55. The monoisotopic (exact) mass is 384 g/mol. The summed E-state index contributed by atoms with van der Waals surface area (Å²) in [5.41, 5.74) is 2.33. The van der Waals surface area contributed by atoms with Crippen LogP contribution in [0.2, 0.25) is 0 Å². The summed E-state index contributed by atoms with van der Waals surface area (Å²) in [7, 11) is 0. The van der Waals surface area contributed by atoms with Crippen LogP contribution in [0.4, 0.5) is 0 Å². The maximum Gasteiger partial charge on any atom is 0.222 e. The van der Waals surface area contributed by atoms with Gasteiger partial charge in [0.15, 0.2) is 5.96 Å². The van der Waals surface area contributed by atoms with Crippen LogP contribution in [0.25, 0.3) is 0 Å². The smallest absolute Gasteiger partial charge is 0.222 e. The number of thiophene rings is 1. The molecule has 1 fully saturated rings. The number of likely N-dealkylation sites (tertiary alicyclic amines) is 1. The van der Waals surface area contributed by atoms with Crippen LogP contribution in [-0.4, -0.2) is 29.9 Å². The zero-order chi connectivity index (χ0) is 19.1. The molecule has 0 saturated carbocycles. The Morgan fingerprint density at radius 1 is 1.22 bits per heavy atom. The summed E-state index contributed by atoms with van der Waals surface area (Å²) in [5.74, 6) is 1.09. The first kappa shape index (κ1) is 19.4. The van der Waals surface area contributed by atoms with E-state index in [1.807, 2.05) is 4.90 Å². The van der Waals surface area contributed by atoms with E-state index >= 15 is 0 Å². The molecule has 2 heterocycles. The van der Waals surface area contributed by atoms with Crippen molar-refractivity contribution in [1.82, 2.24) is 15.5 Å². The van der Waals surface area contributed by atoms with E-state index in [1.54, 1.807) is 11.3 Å². The molecule has 0 atom stereocenters. The number of nitrogens with one attached hydrogen (secondary N) is 2. The lowest BCUT2D eigenvalue weighted by atomic mass is 10.1. The second-order valence-corrected chi connectivity index (χ2v) is 8.17. The molecular formula is C21H28N4OS.